The van der Waals surface area contributed by atoms with E-state index in [4.69, 9.17) is 0 Å². The molecule has 6 nitrogen and oxygen atoms in total. The van der Waals surface area contributed by atoms with Gasteiger partial charge in [-0.15, -0.1) is 0 Å². The quantitative estimate of drug-likeness (QED) is 0.260. The van der Waals surface area contributed by atoms with E-state index in [0.29, 0.717) is 16.8 Å². The van der Waals surface area contributed by atoms with Crippen molar-refractivity contribution in [2.75, 3.05) is 5.32 Å². The fourth-order valence-electron chi connectivity index (χ4n) is 7.22. The molecule has 2 unspecified atom stereocenters. The number of hydrogen-bond donors (Lipinski definition) is 2. The number of amides is 1. The molecule has 1 saturated heterocycles. The highest BCUT2D eigenvalue weighted by Crippen LogP contribution is 2.69. The molecule has 4 aromatic carbocycles. The van der Waals surface area contributed by atoms with Gasteiger partial charge in [0.05, 0.1) is 17.3 Å². The molecule has 3 heterocycles. The molecule has 8 rings (SSSR count). The van der Waals surface area contributed by atoms with Gasteiger partial charge in [-0.05, 0) is 28.8 Å². The third kappa shape index (κ3) is 2.50. The zero-order valence-corrected chi connectivity index (χ0v) is 21.2. The SMILES string of the molecule is O=C1Nc2ccccc2/C1=C1\N2C=Cc3ccccc3C2C2(C(=O)c3ccccc3C2=O)C1(O)c1ccccc1. The fourth-order valence-corrected chi connectivity index (χ4v) is 7.22. The maximum Gasteiger partial charge on any atom is 0.258 e. The molecule has 1 amide bonds. The van der Waals surface area contributed by atoms with Crippen LogP contribution < -0.4 is 5.32 Å². The summed E-state index contributed by atoms with van der Waals surface area (Å²) in [6.07, 6.45) is 3.68. The summed E-state index contributed by atoms with van der Waals surface area (Å²) in [5.74, 6) is -1.31. The van der Waals surface area contributed by atoms with Gasteiger partial charge in [-0.3, -0.25) is 14.4 Å². The number of carbonyl (C=O) groups excluding carboxylic acids is 3. The van der Waals surface area contributed by atoms with E-state index in [1.807, 2.05) is 54.6 Å². The predicted octanol–water partition coefficient (Wildman–Crippen LogP) is 5.34. The largest absolute Gasteiger partial charge is 0.377 e. The van der Waals surface area contributed by atoms with Crippen molar-refractivity contribution in [2.24, 2.45) is 5.41 Å². The van der Waals surface area contributed by atoms with Crippen molar-refractivity contribution in [3.8, 4) is 0 Å². The van der Waals surface area contributed by atoms with Crippen LogP contribution in [0.15, 0.2) is 115 Å². The minimum Gasteiger partial charge on any atom is -0.377 e. The monoisotopic (exact) mass is 522 g/mol. The molecule has 3 aliphatic heterocycles. The first-order valence-electron chi connectivity index (χ1n) is 13.2. The molecule has 2 atom stereocenters. The Morgan fingerprint density at radius 2 is 1.30 bits per heavy atom. The standard InChI is InChI=1S/C34H22N2O4/c37-30-23-14-6-7-15-24(23)31(38)33(30)28-22-13-5-4-10-20(22)18-19-36(28)29(34(33,40)21-11-2-1-3-12-21)27-25-16-8-9-17-26(25)35-32(27)39/h1-19,28,40H,(H,35,39)/b29-27+. The highest BCUT2D eigenvalue weighted by molar-refractivity contribution is 6.35. The van der Waals surface area contributed by atoms with E-state index < -0.39 is 34.5 Å². The fraction of sp³-hybridized carbons (Fsp3) is 0.0882. The molecule has 0 bridgehead atoms. The number of rotatable bonds is 1. The lowest BCUT2D eigenvalue weighted by Crippen LogP contribution is -2.53. The second-order valence-electron chi connectivity index (χ2n) is 10.6. The molecule has 0 radical (unpaired) electrons. The summed E-state index contributed by atoms with van der Waals surface area (Å²) in [7, 11) is 0. The first-order valence-corrected chi connectivity index (χ1v) is 13.2. The van der Waals surface area contributed by atoms with Gasteiger partial charge in [-0.2, -0.15) is 0 Å². The minimum absolute atomic E-state index is 0.214. The Hall–Kier alpha value is -5.07. The zero-order chi connectivity index (χ0) is 27.2. The number of ketones is 2. The first-order chi connectivity index (χ1) is 19.5. The van der Waals surface area contributed by atoms with E-state index in [1.54, 1.807) is 65.7 Å². The van der Waals surface area contributed by atoms with Crippen molar-refractivity contribution in [3.05, 3.63) is 148 Å². The van der Waals surface area contributed by atoms with E-state index >= 15 is 0 Å². The summed E-state index contributed by atoms with van der Waals surface area (Å²) >= 11 is 0. The molecule has 40 heavy (non-hydrogen) atoms. The minimum atomic E-state index is -2.18. The third-order valence-electron chi connectivity index (χ3n) is 8.80. The smallest absolute Gasteiger partial charge is 0.258 e. The number of aliphatic hydroxyl groups is 1. The number of para-hydroxylation sites is 1. The van der Waals surface area contributed by atoms with Gasteiger partial charge in [0.25, 0.3) is 5.91 Å². The van der Waals surface area contributed by atoms with Crippen LogP contribution in [0.1, 0.15) is 49.0 Å². The summed E-state index contributed by atoms with van der Waals surface area (Å²) in [5.41, 5.74) is -0.00866. The predicted molar refractivity (Wildman–Crippen MR) is 150 cm³/mol. The lowest BCUT2D eigenvalue weighted by Gasteiger charge is -2.40. The van der Waals surface area contributed by atoms with Crippen LogP contribution in [-0.4, -0.2) is 27.5 Å². The van der Waals surface area contributed by atoms with Crippen molar-refractivity contribution >= 4 is 34.8 Å². The molecular weight excluding hydrogens is 500 g/mol. The Kier molecular flexibility index (Phi) is 4.43. The summed E-state index contributed by atoms with van der Waals surface area (Å²) in [6, 6.07) is 29.5. The lowest BCUT2D eigenvalue weighted by atomic mass is 9.60. The zero-order valence-electron chi connectivity index (χ0n) is 21.2. The Balaban J connectivity index is 1.58. The maximum atomic E-state index is 14.8. The molecule has 2 N–H and O–H groups in total. The Bertz CT molecular complexity index is 1840. The Morgan fingerprint density at radius 3 is 2.02 bits per heavy atom. The van der Waals surface area contributed by atoms with Crippen LogP contribution in [0.3, 0.4) is 0 Å². The average molecular weight is 523 g/mol. The van der Waals surface area contributed by atoms with Crippen molar-refractivity contribution in [3.63, 3.8) is 0 Å². The van der Waals surface area contributed by atoms with Crippen LogP contribution in [0, 0.1) is 5.41 Å². The average Bonchev–Trinajstić information content (AvgIpc) is 3.53. The summed E-state index contributed by atoms with van der Waals surface area (Å²) in [6.45, 7) is 0. The van der Waals surface area contributed by atoms with Gasteiger partial charge in [0, 0.05) is 28.6 Å². The highest BCUT2D eigenvalue weighted by atomic mass is 16.3. The molecule has 192 valence electrons. The molecule has 1 spiro atoms. The summed E-state index contributed by atoms with van der Waals surface area (Å²) in [4.78, 5) is 45.2. The maximum absolute atomic E-state index is 14.8. The second-order valence-corrected chi connectivity index (χ2v) is 10.6. The van der Waals surface area contributed by atoms with Crippen LogP contribution in [0.5, 0.6) is 0 Å². The van der Waals surface area contributed by atoms with Gasteiger partial charge in [-0.25, -0.2) is 0 Å². The van der Waals surface area contributed by atoms with Crippen molar-refractivity contribution < 1.29 is 19.5 Å². The van der Waals surface area contributed by atoms with Crippen LogP contribution in [-0.2, 0) is 10.4 Å². The number of hydrogen-bond acceptors (Lipinski definition) is 5. The van der Waals surface area contributed by atoms with Crippen LogP contribution in [0.4, 0.5) is 5.69 Å². The van der Waals surface area contributed by atoms with Gasteiger partial charge in [-0.1, -0.05) is 97.1 Å². The number of Topliss-reactive ketones (excluding diaryl/α,β-unsaturated/α-hetero) is 2. The lowest BCUT2D eigenvalue weighted by molar-refractivity contribution is -0.111. The second kappa shape index (κ2) is 7.74. The van der Waals surface area contributed by atoms with E-state index in [0.717, 1.165) is 11.1 Å². The molecule has 0 aromatic heterocycles. The van der Waals surface area contributed by atoms with Crippen LogP contribution in [0.25, 0.3) is 11.6 Å². The van der Waals surface area contributed by atoms with Crippen molar-refractivity contribution in [2.45, 2.75) is 11.6 Å². The van der Waals surface area contributed by atoms with Gasteiger partial charge in [0.15, 0.2) is 22.6 Å². The third-order valence-corrected chi connectivity index (χ3v) is 8.80. The van der Waals surface area contributed by atoms with E-state index in [2.05, 4.69) is 5.32 Å². The van der Waals surface area contributed by atoms with E-state index in [-0.39, 0.29) is 22.4 Å². The number of benzene rings is 4. The normalized spacial score (nSPS) is 25.1. The van der Waals surface area contributed by atoms with E-state index in [1.165, 1.54) is 0 Å². The van der Waals surface area contributed by atoms with E-state index in [9.17, 15) is 19.5 Å². The molecule has 1 fully saturated rings. The molecule has 6 heteroatoms. The van der Waals surface area contributed by atoms with Crippen LogP contribution >= 0.6 is 0 Å². The number of carbonyl (C=O) groups is 3. The first kappa shape index (κ1) is 22.9. The molecule has 4 aromatic rings. The van der Waals surface area contributed by atoms with Gasteiger partial charge >= 0.3 is 0 Å². The molecule has 4 aliphatic rings. The molecule has 0 saturated carbocycles. The number of fused-ring (bicyclic) bond motifs is 6. The Labute approximate surface area is 229 Å². The number of nitrogens with one attached hydrogen (secondary N) is 1. The number of nitrogens with zero attached hydrogens (tertiary/aromatic N) is 1. The van der Waals surface area contributed by atoms with Gasteiger partial charge < -0.3 is 15.3 Å². The highest BCUT2D eigenvalue weighted by Gasteiger charge is 2.77. The van der Waals surface area contributed by atoms with Gasteiger partial charge in [0.1, 0.15) is 0 Å². The van der Waals surface area contributed by atoms with Gasteiger partial charge in [0.2, 0.25) is 0 Å². The molecule has 1 aliphatic carbocycles. The summed E-state index contributed by atoms with van der Waals surface area (Å²) < 4.78 is 0. The topological polar surface area (TPSA) is 86.7 Å². The van der Waals surface area contributed by atoms with Crippen LogP contribution in [0.2, 0.25) is 0 Å². The summed E-state index contributed by atoms with van der Waals surface area (Å²) in [5, 5.41) is 16.3. The Morgan fingerprint density at radius 1 is 0.700 bits per heavy atom. The van der Waals surface area contributed by atoms with Crippen molar-refractivity contribution in [1.29, 1.82) is 0 Å². The molecular formula is C34H22N2O4. The van der Waals surface area contributed by atoms with Crippen molar-refractivity contribution in [1.82, 2.24) is 4.90 Å². The number of anilines is 1.